The van der Waals surface area contributed by atoms with Crippen molar-refractivity contribution in [1.29, 1.82) is 0 Å². The highest BCUT2D eigenvalue weighted by Gasteiger charge is 2.56. The Morgan fingerprint density at radius 3 is 2.51 bits per heavy atom. The highest BCUT2D eigenvalue weighted by molar-refractivity contribution is 7.24. The van der Waals surface area contributed by atoms with Crippen LogP contribution in [0.25, 0.3) is 10.4 Å². The molecule has 0 saturated carbocycles. The van der Waals surface area contributed by atoms with E-state index in [0.717, 1.165) is 5.57 Å². The lowest BCUT2D eigenvalue weighted by atomic mass is 9.79. The Morgan fingerprint density at radius 2 is 1.90 bits per heavy atom. The molecule has 0 aromatic rings. The first-order chi connectivity index (χ1) is 23.9. The van der Waals surface area contributed by atoms with E-state index < -0.39 is 53.5 Å². The number of amides is 1. The number of carbonyl (C=O) groups excluding carboxylic acids is 2. The smallest absolute Gasteiger partial charge is 0.410 e. The lowest BCUT2D eigenvalue weighted by Gasteiger charge is -2.43. The van der Waals surface area contributed by atoms with Crippen LogP contribution in [0.1, 0.15) is 101 Å². The zero-order valence-corrected chi connectivity index (χ0v) is 33.2. The molecule has 3 heterocycles. The number of allylic oxidation sites excluding steroid dienone is 1. The van der Waals surface area contributed by atoms with Crippen LogP contribution in [0.5, 0.6) is 0 Å². The Kier molecular flexibility index (Phi) is 15.4. The lowest BCUT2D eigenvalue weighted by molar-refractivity contribution is -0.229. The molecule has 2 fully saturated rings. The van der Waals surface area contributed by atoms with Crippen molar-refractivity contribution in [2.45, 2.75) is 155 Å². The number of esters is 1. The van der Waals surface area contributed by atoms with E-state index in [1.807, 2.05) is 46.7 Å². The van der Waals surface area contributed by atoms with Gasteiger partial charge in [0.05, 0.1) is 29.9 Å². The number of hydrogen-bond acceptors (Lipinski definition) is 11. The zero-order chi connectivity index (χ0) is 38.3. The molecule has 3 unspecified atom stereocenters. The van der Waals surface area contributed by atoms with Crippen LogP contribution in [0.4, 0.5) is 4.79 Å². The summed E-state index contributed by atoms with van der Waals surface area (Å²) in [6.45, 7) is 17.4. The third kappa shape index (κ3) is 10.2. The van der Waals surface area contributed by atoms with Crippen molar-refractivity contribution in [1.82, 2.24) is 9.80 Å². The molecule has 3 aliphatic heterocycles. The molecule has 0 bridgehead atoms. The molecule has 51 heavy (non-hydrogen) atoms. The summed E-state index contributed by atoms with van der Waals surface area (Å²) in [7, 11) is 3.83. The van der Waals surface area contributed by atoms with E-state index in [9.17, 15) is 19.3 Å². The molecule has 0 aromatic carbocycles. The van der Waals surface area contributed by atoms with Crippen LogP contribution in [-0.4, -0.2) is 108 Å². The fourth-order valence-corrected chi connectivity index (χ4v) is 8.50. The van der Waals surface area contributed by atoms with Gasteiger partial charge in [0.25, 0.3) is 0 Å². The molecule has 0 aliphatic carbocycles. The molecule has 288 valence electrons. The number of rotatable bonds is 18. The van der Waals surface area contributed by atoms with Crippen LogP contribution in [-0.2, 0) is 33.0 Å². The molecular weight excluding hydrogens is 677 g/mol. The minimum Gasteiger partial charge on any atom is -0.456 e. The van der Waals surface area contributed by atoms with Crippen molar-refractivity contribution < 1.29 is 42.9 Å². The average Bonchev–Trinajstić information content (AvgIpc) is 3.33. The third-order valence-electron chi connectivity index (χ3n) is 10.5. The number of aliphatic hydroxyl groups excluding tert-OH is 1. The molecule has 1 N–H and O–H groups in total. The molecule has 0 aromatic heterocycles. The summed E-state index contributed by atoms with van der Waals surface area (Å²) in [4.78, 5) is 32.6. The Labute approximate surface area is 305 Å². The van der Waals surface area contributed by atoms with Gasteiger partial charge in [0.2, 0.25) is 5.79 Å². The topological polar surface area (TPSA) is 173 Å². The number of cyclic esters (lactones) is 2. The zero-order valence-electron chi connectivity index (χ0n) is 32.3. The summed E-state index contributed by atoms with van der Waals surface area (Å²) in [5.41, 5.74) is 8.32. The fraction of sp³-hybridized carbons (Fsp3) is 0.833. The van der Waals surface area contributed by atoms with Gasteiger partial charge >= 0.3 is 12.1 Å². The first-order valence-electron chi connectivity index (χ1n) is 18.2. The van der Waals surface area contributed by atoms with E-state index in [-0.39, 0.29) is 32.6 Å². The number of unbranched alkanes of at least 4 members (excludes halogenated alkanes) is 1. The van der Waals surface area contributed by atoms with Crippen LogP contribution in [0.15, 0.2) is 28.1 Å². The van der Waals surface area contributed by atoms with Crippen LogP contribution in [0.3, 0.4) is 0 Å². The van der Waals surface area contributed by atoms with Crippen LogP contribution < -0.4 is 0 Å². The molecule has 0 spiro atoms. The summed E-state index contributed by atoms with van der Waals surface area (Å²) in [6.07, 6.45) is 2.94. The van der Waals surface area contributed by atoms with Crippen molar-refractivity contribution in [3.63, 3.8) is 0 Å². The average molecular weight is 738 g/mol. The van der Waals surface area contributed by atoms with Crippen molar-refractivity contribution in [2.75, 3.05) is 27.2 Å². The second-order valence-corrected chi connectivity index (χ2v) is 16.0. The highest BCUT2D eigenvalue weighted by atomic mass is 31.1. The van der Waals surface area contributed by atoms with Gasteiger partial charge in [0, 0.05) is 43.8 Å². The SMILES string of the molecule is CC[C@@H](O)[C@@]1(C)OC(=O)N(CCCCN=[N+]=[N-])[C@@H]1[C@@H](C)CC/C=C(\C)[C@H](O[C@@H]1OC(C)CC(N(C)C)C1P=O)[C@@H](C)C1=C(C)C(=O)OC(C)(C)O1. The second kappa shape index (κ2) is 18.3. The summed E-state index contributed by atoms with van der Waals surface area (Å²) in [5, 5.41) is 14.7. The molecule has 3 rings (SSSR count). The van der Waals surface area contributed by atoms with Crippen molar-refractivity contribution in [3.8, 4) is 0 Å². The van der Waals surface area contributed by atoms with E-state index in [1.54, 1.807) is 32.6 Å². The minimum atomic E-state index is -1.16. The molecule has 0 radical (unpaired) electrons. The Morgan fingerprint density at radius 1 is 1.22 bits per heavy atom. The quantitative estimate of drug-likeness (QED) is 0.0290. The predicted molar refractivity (Wildman–Crippen MR) is 193 cm³/mol. The van der Waals surface area contributed by atoms with E-state index in [2.05, 4.69) is 23.0 Å². The molecule has 3 aliphatic rings. The number of ether oxygens (including phenoxy) is 5. The van der Waals surface area contributed by atoms with Gasteiger partial charge in [-0.25, -0.2) is 9.59 Å². The van der Waals surface area contributed by atoms with Gasteiger partial charge in [-0.2, -0.15) is 0 Å². The van der Waals surface area contributed by atoms with Gasteiger partial charge < -0.3 is 38.6 Å². The van der Waals surface area contributed by atoms with E-state index in [1.165, 1.54) is 0 Å². The fourth-order valence-electron chi connectivity index (χ4n) is 7.73. The lowest BCUT2D eigenvalue weighted by Crippen LogP contribution is -2.54. The maximum atomic E-state index is 13.2. The van der Waals surface area contributed by atoms with Gasteiger partial charge in [-0.1, -0.05) is 32.0 Å². The molecule has 1 amide bonds. The van der Waals surface area contributed by atoms with Crippen LogP contribution in [0.2, 0.25) is 0 Å². The van der Waals surface area contributed by atoms with E-state index in [0.29, 0.717) is 62.9 Å². The summed E-state index contributed by atoms with van der Waals surface area (Å²) in [5.74, 6) is -1.64. The molecule has 10 atom stereocenters. The number of aliphatic hydroxyl groups is 1. The Balaban J connectivity index is 1.92. The first kappa shape index (κ1) is 42.7. The highest BCUT2D eigenvalue weighted by Crippen LogP contribution is 2.41. The van der Waals surface area contributed by atoms with Gasteiger partial charge in [-0.15, -0.1) is 0 Å². The largest absolute Gasteiger partial charge is 0.456 e. The maximum absolute atomic E-state index is 13.2. The Bertz CT molecular complexity index is 1350. The summed E-state index contributed by atoms with van der Waals surface area (Å²) >= 11 is 0. The monoisotopic (exact) mass is 737 g/mol. The van der Waals surface area contributed by atoms with Crippen LogP contribution >= 0.6 is 8.46 Å². The predicted octanol–water partition coefficient (Wildman–Crippen LogP) is 7.12. The number of nitrogens with zero attached hydrogens (tertiary/aromatic N) is 5. The third-order valence-corrected chi connectivity index (χ3v) is 11.3. The van der Waals surface area contributed by atoms with Gasteiger partial charge in [0.15, 0.2) is 20.4 Å². The standard InChI is InChI=1S/C36H60N5O9P/c1-12-27(42)36(9)31(41(34(44)50-36)19-14-13-18-38-39-37)22(3)17-15-16-21(2)28(24(5)29-25(6)32(43)49-35(7,8)48-29)47-33-30(51-45)26(40(10)11)20-23(4)46-33/h16,22-24,26-28,30-31,33,42H,12-15,17-20H2,1-11H3/b21-16+/t22-,23?,24+,26?,27+,28-,30?,31+,33-,36+/m0/s1. The molecule has 15 heteroatoms. The van der Waals surface area contributed by atoms with Gasteiger partial charge in [-0.3, -0.25) is 4.57 Å². The first-order valence-corrected chi connectivity index (χ1v) is 19.1. The van der Waals surface area contributed by atoms with E-state index >= 15 is 0 Å². The second-order valence-electron chi connectivity index (χ2n) is 15.2. The van der Waals surface area contributed by atoms with Gasteiger partial charge in [0.1, 0.15) is 11.4 Å². The van der Waals surface area contributed by atoms with E-state index in [4.69, 9.17) is 29.2 Å². The molecule has 2 saturated heterocycles. The van der Waals surface area contributed by atoms with Crippen molar-refractivity contribution >= 4 is 20.5 Å². The summed E-state index contributed by atoms with van der Waals surface area (Å²) in [6, 6.07) is -0.418. The molecular formula is C36H60N5O9P. The van der Waals surface area contributed by atoms with Crippen molar-refractivity contribution in [2.24, 2.45) is 17.0 Å². The Hall–Kier alpha value is -2.73. The normalized spacial score (nSPS) is 30.7. The van der Waals surface area contributed by atoms with Crippen LogP contribution in [0, 0.1) is 11.8 Å². The van der Waals surface area contributed by atoms with Gasteiger partial charge in [-0.05, 0) is 97.3 Å². The summed E-state index contributed by atoms with van der Waals surface area (Å²) < 4.78 is 43.2. The number of hydrogen-bond donors (Lipinski definition) is 1. The minimum absolute atomic E-state index is 0.0362. The number of azide groups is 1. The molecule has 14 nitrogen and oxygen atoms in total. The van der Waals surface area contributed by atoms with Crippen molar-refractivity contribution in [3.05, 3.63) is 33.4 Å². The maximum Gasteiger partial charge on any atom is 0.410 e. The number of carbonyl (C=O) groups is 2.